The van der Waals surface area contributed by atoms with E-state index in [0.717, 1.165) is 30.2 Å². The minimum Gasteiger partial charge on any atom is -0.363 e. The third-order valence-electron chi connectivity index (χ3n) is 5.21. The van der Waals surface area contributed by atoms with Crippen molar-refractivity contribution in [3.63, 3.8) is 0 Å². The van der Waals surface area contributed by atoms with Gasteiger partial charge >= 0.3 is 0 Å². The van der Waals surface area contributed by atoms with Crippen molar-refractivity contribution in [3.05, 3.63) is 23.9 Å². The molecule has 3 rings (SSSR count). The fraction of sp³-hybridized carbons (Fsp3) is 0.667. The monoisotopic (exact) mass is 443 g/mol. The molecule has 0 radical (unpaired) electrons. The molecule has 1 aliphatic heterocycles. The first-order valence-electron chi connectivity index (χ1n) is 8.75. The number of anilines is 1. The summed E-state index contributed by atoms with van der Waals surface area (Å²) in [5.74, 6) is 3.79. The second kappa shape index (κ2) is 8.87. The molecule has 1 aromatic rings. The van der Waals surface area contributed by atoms with E-state index in [2.05, 4.69) is 32.3 Å². The number of fused-ring (bicyclic) bond motifs is 1. The maximum absolute atomic E-state index is 4.51. The smallest absolute Gasteiger partial charge is 0.193 e. The van der Waals surface area contributed by atoms with Crippen molar-refractivity contribution < 1.29 is 0 Å². The predicted octanol–water partition coefficient (Wildman–Crippen LogP) is 2.96. The summed E-state index contributed by atoms with van der Waals surface area (Å²) in [6.07, 6.45) is 7.49. The first kappa shape index (κ1) is 19.3. The number of aliphatic imine (C=N–C) groups is 1. The van der Waals surface area contributed by atoms with E-state index < -0.39 is 0 Å². The van der Waals surface area contributed by atoms with Gasteiger partial charge in [0.05, 0.1) is 0 Å². The average molecular weight is 443 g/mol. The zero-order valence-corrected chi connectivity index (χ0v) is 17.4. The number of aromatic nitrogens is 1. The van der Waals surface area contributed by atoms with Gasteiger partial charge in [-0.25, -0.2) is 4.98 Å². The summed E-state index contributed by atoms with van der Waals surface area (Å²) in [5, 5.41) is 3.53. The molecule has 24 heavy (non-hydrogen) atoms. The SMILES string of the molecule is CN=C(NCc1ccnc(N(C)C)c1)N1CC2CCCCC2C1.I. The third kappa shape index (κ3) is 4.52. The van der Waals surface area contributed by atoms with Gasteiger partial charge in [-0.3, -0.25) is 4.99 Å². The topological polar surface area (TPSA) is 43.8 Å². The summed E-state index contributed by atoms with van der Waals surface area (Å²) in [5.41, 5.74) is 1.24. The van der Waals surface area contributed by atoms with Gasteiger partial charge in [0.1, 0.15) is 5.82 Å². The number of guanidine groups is 1. The number of likely N-dealkylation sites (tertiary alicyclic amines) is 1. The lowest BCUT2D eigenvalue weighted by Gasteiger charge is -2.22. The van der Waals surface area contributed by atoms with Gasteiger partial charge < -0.3 is 15.1 Å². The van der Waals surface area contributed by atoms with E-state index in [0.29, 0.717) is 0 Å². The maximum Gasteiger partial charge on any atom is 0.193 e. The second-order valence-corrected chi connectivity index (χ2v) is 7.03. The molecule has 1 aliphatic carbocycles. The summed E-state index contributed by atoms with van der Waals surface area (Å²) in [6.45, 7) is 3.13. The van der Waals surface area contributed by atoms with Gasteiger partial charge in [-0.1, -0.05) is 12.8 Å². The Morgan fingerprint density at radius 3 is 2.54 bits per heavy atom. The molecule has 1 aromatic heterocycles. The van der Waals surface area contributed by atoms with Crippen LogP contribution in [-0.2, 0) is 6.54 Å². The predicted molar refractivity (Wildman–Crippen MR) is 111 cm³/mol. The summed E-state index contributed by atoms with van der Waals surface area (Å²) in [6, 6.07) is 4.20. The number of halogens is 1. The van der Waals surface area contributed by atoms with Gasteiger partial charge in [0.25, 0.3) is 0 Å². The molecule has 2 heterocycles. The average Bonchev–Trinajstić information content (AvgIpc) is 2.99. The third-order valence-corrected chi connectivity index (χ3v) is 5.21. The molecular weight excluding hydrogens is 413 g/mol. The molecule has 0 bridgehead atoms. The van der Waals surface area contributed by atoms with Crippen LogP contribution in [-0.4, -0.2) is 50.1 Å². The zero-order valence-electron chi connectivity index (χ0n) is 15.0. The molecule has 2 atom stereocenters. The van der Waals surface area contributed by atoms with E-state index in [1.54, 1.807) is 0 Å². The minimum absolute atomic E-state index is 0. The van der Waals surface area contributed by atoms with Crippen LogP contribution in [0.1, 0.15) is 31.2 Å². The molecule has 0 amide bonds. The minimum atomic E-state index is 0. The number of nitrogens with zero attached hydrogens (tertiary/aromatic N) is 4. The number of hydrogen-bond donors (Lipinski definition) is 1. The number of nitrogens with one attached hydrogen (secondary N) is 1. The summed E-state index contributed by atoms with van der Waals surface area (Å²) in [4.78, 5) is 13.4. The highest BCUT2D eigenvalue weighted by molar-refractivity contribution is 14.0. The van der Waals surface area contributed by atoms with Gasteiger partial charge in [-0.05, 0) is 42.4 Å². The van der Waals surface area contributed by atoms with Crippen molar-refractivity contribution in [2.45, 2.75) is 32.2 Å². The Morgan fingerprint density at radius 1 is 1.29 bits per heavy atom. The molecule has 2 fully saturated rings. The van der Waals surface area contributed by atoms with E-state index in [-0.39, 0.29) is 24.0 Å². The van der Waals surface area contributed by atoms with Gasteiger partial charge in [-0.2, -0.15) is 0 Å². The van der Waals surface area contributed by atoms with Crippen LogP contribution < -0.4 is 10.2 Å². The van der Waals surface area contributed by atoms with Crippen LogP contribution in [0.4, 0.5) is 5.82 Å². The van der Waals surface area contributed by atoms with Gasteiger partial charge in [0, 0.05) is 47.0 Å². The van der Waals surface area contributed by atoms with Gasteiger partial charge in [0.2, 0.25) is 0 Å². The van der Waals surface area contributed by atoms with Crippen LogP contribution >= 0.6 is 24.0 Å². The first-order chi connectivity index (χ1) is 11.2. The Bertz CT molecular complexity index is 546. The fourth-order valence-corrected chi connectivity index (χ4v) is 3.91. The maximum atomic E-state index is 4.51. The largest absolute Gasteiger partial charge is 0.363 e. The number of hydrogen-bond acceptors (Lipinski definition) is 3. The second-order valence-electron chi connectivity index (χ2n) is 7.03. The Morgan fingerprint density at radius 2 is 1.96 bits per heavy atom. The molecule has 1 N–H and O–H groups in total. The van der Waals surface area contributed by atoms with E-state index in [1.165, 1.54) is 44.3 Å². The Balaban J connectivity index is 0.00000208. The van der Waals surface area contributed by atoms with Crippen molar-refractivity contribution in [1.82, 2.24) is 15.2 Å². The van der Waals surface area contributed by atoms with Crippen LogP contribution in [0.5, 0.6) is 0 Å². The Labute approximate surface area is 162 Å². The Kier molecular flexibility index (Phi) is 7.13. The molecule has 1 saturated carbocycles. The van der Waals surface area contributed by atoms with E-state index >= 15 is 0 Å². The molecule has 0 spiro atoms. The molecular formula is C18H30IN5. The molecule has 6 heteroatoms. The number of rotatable bonds is 3. The quantitative estimate of drug-likeness (QED) is 0.443. The lowest BCUT2D eigenvalue weighted by Crippen LogP contribution is -2.39. The van der Waals surface area contributed by atoms with Crippen molar-refractivity contribution in [2.24, 2.45) is 16.8 Å². The number of pyridine rings is 1. The molecule has 2 aliphatic rings. The summed E-state index contributed by atoms with van der Waals surface area (Å²) in [7, 11) is 5.93. The van der Waals surface area contributed by atoms with Crippen molar-refractivity contribution in [1.29, 1.82) is 0 Å². The van der Waals surface area contributed by atoms with Crippen molar-refractivity contribution in [3.8, 4) is 0 Å². The molecule has 0 aromatic carbocycles. The lowest BCUT2D eigenvalue weighted by molar-refractivity contribution is 0.299. The van der Waals surface area contributed by atoms with Crippen molar-refractivity contribution in [2.75, 3.05) is 39.1 Å². The standard InChI is InChI=1S/C18H29N5.HI/c1-19-18(23-12-15-6-4-5-7-16(15)13-23)21-11-14-8-9-20-17(10-14)22(2)3;/h8-10,15-16H,4-7,11-13H2,1-3H3,(H,19,21);1H. The zero-order chi connectivity index (χ0) is 16.2. The van der Waals surface area contributed by atoms with Crippen LogP contribution in [0.15, 0.2) is 23.3 Å². The van der Waals surface area contributed by atoms with E-state index in [1.807, 2.05) is 32.2 Å². The first-order valence-corrected chi connectivity index (χ1v) is 8.75. The molecule has 134 valence electrons. The highest BCUT2D eigenvalue weighted by Crippen LogP contribution is 2.35. The highest BCUT2D eigenvalue weighted by Gasteiger charge is 2.35. The van der Waals surface area contributed by atoms with Crippen LogP contribution in [0.2, 0.25) is 0 Å². The van der Waals surface area contributed by atoms with Crippen LogP contribution in [0, 0.1) is 11.8 Å². The highest BCUT2D eigenvalue weighted by atomic mass is 127. The van der Waals surface area contributed by atoms with Gasteiger partial charge in [0.15, 0.2) is 5.96 Å². The lowest BCUT2D eigenvalue weighted by atomic mass is 9.82. The molecule has 5 nitrogen and oxygen atoms in total. The fourth-order valence-electron chi connectivity index (χ4n) is 3.91. The van der Waals surface area contributed by atoms with E-state index in [9.17, 15) is 0 Å². The Hall–Kier alpha value is -1.05. The molecule has 1 saturated heterocycles. The summed E-state index contributed by atoms with van der Waals surface area (Å²) < 4.78 is 0. The van der Waals surface area contributed by atoms with Gasteiger partial charge in [-0.15, -0.1) is 24.0 Å². The van der Waals surface area contributed by atoms with Crippen molar-refractivity contribution >= 4 is 35.8 Å². The van der Waals surface area contributed by atoms with E-state index in [4.69, 9.17) is 0 Å². The molecule has 2 unspecified atom stereocenters. The van der Waals surface area contributed by atoms with Crippen LogP contribution in [0.3, 0.4) is 0 Å². The van der Waals surface area contributed by atoms with Crippen LogP contribution in [0.25, 0.3) is 0 Å². The normalized spacial score (nSPS) is 23.5. The summed E-state index contributed by atoms with van der Waals surface area (Å²) >= 11 is 0.